The Morgan fingerprint density at radius 3 is 2.55 bits per heavy atom. The number of aryl methyl sites for hydroxylation is 2. The quantitative estimate of drug-likeness (QED) is 0.406. The van der Waals surface area contributed by atoms with Crippen molar-refractivity contribution in [1.29, 1.82) is 0 Å². The molecule has 0 unspecified atom stereocenters. The molecule has 0 aliphatic carbocycles. The zero-order valence-corrected chi connectivity index (χ0v) is 17.7. The van der Waals surface area contributed by atoms with Gasteiger partial charge in [-0.05, 0) is 48.7 Å². The van der Waals surface area contributed by atoms with Crippen LogP contribution in [0.2, 0.25) is 0 Å². The number of aromatic nitrogens is 7. The fraction of sp³-hybridized carbons (Fsp3) is 0.182. The van der Waals surface area contributed by atoms with E-state index < -0.39 is 17.2 Å². The summed E-state index contributed by atoms with van der Waals surface area (Å²) in [5.41, 5.74) is 3.16. The Balaban J connectivity index is 1.41. The lowest BCUT2D eigenvalue weighted by atomic mass is 10.1. The van der Waals surface area contributed by atoms with E-state index in [2.05, 4.69) is 25.4 Å². The number of rotatable bonds is 5. The summed E-state index contributed by atoms with van der Waals surface area (Å²) < 4.78 is 34.8. The molecule has 0 aliphatic heterocycles. The molecule has 0 radical (unpaired) electrons. The molecule has 0 saturated heterocycles. The van der Waals surface area contributed by atoms with Gasteiger partial charge in [0.25, 0.3) is 5.56 Å². The van der Waals surface area contributed by atoms with Gasteiger partial charge in [0.15, 0.2) is 11.2 Å². The Morgan fingerprint density at radius 1 is 1.00 bits per heavy atom. The third-order valence-corrected chi connectivity index (χ3v) is 5.29. The molecule has 2 aromatic carbocycles. The van der Waals surface area contributed by atoms with Crippen LogP contribution in [0.1, 0.15) is 22.6 Å². The molecule has 0 atom stereocenters. The fourth-order valence-electron chi connectivity index (χ4n) is 3.44. The van der Waals surface area contributed by atoms with E-state index in [4.69, 9.17) is 4.52 Å². The maximum atomic E-state index is 13.5. The minimum absolute atomic E-state index is 0.00157. The van der Waals surface area contributed by atoms with E-state index in [1.807, 2.05) is 32.0 Å². The summed E-state index contributed by atoms with van der Waals surface area (Å²) in [5.74, 6) is -0.758. The van der Waals surface area contributed by atoms with Crippen molar-refractivity contribution in [3.05, 3.63) is 87.3 Å². The third-order valence-electron chi connectivity index (χ3n) is 5.29. The molecule has 0 N–H and O–H groups in total. The minimum Gasteiger partial charge on any atom is -0.337 e. The topological polar surface area (TPSA) is 105 Å². The van der Waals surface area contributed by atoms with Gasteiger partial charge in [-0.3, -0.25) is 9.36 Å². The SMILES string of the molecule is Cc1ccc(-c2noc(Cn3cnc4c(nnn4Cc4cc(F)cc(F)c4)c3=O)n2)cc1C. The first-order chi connectivity index (χ1) is 15.9. The Kier molecular flexibility index (Phi) is 5.00. The summed E-state index contributed by atoms with van der Waals surface area (Å²) in [5, 5.41) is 11.8. The molecule has 166 valence electrons. The lowest BCUT2D eigenvalue weighted by Gasteiger charge is -2.04. The van der Waals surface area contributed by atoms with Gasteiger partial charge in [-0.25, -0.2) is 18.4 Å². The van der Waals surface area contributed by atoms with Crippen LogP contribution in [-0.4, -0.2) is 34.7 Å². The Bertz CT molecular complexity index is 1530. The highest BCUT2D eigenvalue weighted by Crippen LogP contribution is 2.19. The summed E-state index contributed by atoms with van der Waals surface area (Å²) in [6.07, 6.45) is 1.32. The fourth-order valence-corrected chi connectivity index (χ4v) is 3.44. The van der Waals surface area contributed by atoms with E-state index in [9.17, 15) is 13.6 Å². The molecule has 5 rings (SSSR count). The second-order valence-corrected chi connectivity index (χ2v) is 7.69. The van der Waals surface area contributed by atoms with Crippen molar-refractivity contribution >= 4 is 11.2 Å². The van der Waals surface area contributed by atoms with Crippen LogP contribution in [-0.2, 0) is 13.1 Å². The van der Waals surface area contributed by atoms with Crippen molar-refractivity contribution in [2.24, 2.45) is 0 Å². The van der Waals surface area contributed by atoms with Crippen molar-refractivity contribution < 1.29 is 13.3 Å². The standard InChI is InChI=1S/C22H17F2N7O2/c1-12-3-4-15(5-13(12)2)20-26-18(33-28-20)10-30-11-25-21-19(22(30)32)27-29-31(21)9-14-6-16(23)8-17(24)7-14/h3-8,11H,9-10H2,1-2H3. The molecular formula is C22H17F2N7O2. The summed E-state index contributed by atoms with van der Waals surface area (Å²) in [6.45, 7) is 4.02. The number of nitrogens with zero attached hydrogens (tertiary/aromatic N) is 7. The van der Waals surface area contributed by atoms with E-state index in [1.165, 1.54) is 27.7 Å². The largest absolute Gasteiger partial charge is 0.337 e. The lowest BCUT2D eigenvalue weighted by molar-refractivity contribution is 0.369. The molecule has 11 heteroatoms. The second-order valence-electron chi connectivity index (χ2n) is 7.69. The third kappa shape index (κ3) is 4.00. The van der Waals surface area contributed by atoms with Crippen LogP contribution in [0, 0.1) is 25.5 Å². The van der Waals surface area contributed by atoms with Gasteiger partial charge in [-0.1, -0.05) is 22.5 Å². The van der Waals surface area contributed by atoms with Gasteiger partial charge in [0.1, 0.15) is 24.5 Å². The molecule has 9 nitrogen and oxygen atoms in total. The van der Waals surface area contributed by atoms with Crippen LogP contribution in [0.4, 0.5) is 8.78 Å². The molecule has 0 saturated carbocycles. The van der Waals surface area contributed by atoms with Crippen molar-refractivity contribution in [3.63, 3.8) is 0 Å². The summed E-state index contributed by atoms with van der Waals surface area (Å²) >= 11 is 0. The molecule has 3 heterocycles. The first-order valence-electron chi connectivity index (χ1n) is 10.0. The van der Waals surface area contributed by atoms with Crippen LogP contribution in [0.5, 0.6) is 0 Å². The molecule has 5 aromatic rings. The zero-order chi connectivity index (χ0) is 23.1. The van der Waals surface area contributed by atoms with Crippen LogP contribution < -0.4 is 5.56 Å². The zero-order valence-electron chi connectivity index (χ0n) is 17.7. The van der Waals surface area contributed by atoms with Crippen molar-refractivity contribution in [2.75, 3.05) is 0 Å². The van der Waals surface area contributed by atoms with Crippen LogP contribution >= 0.6 is 0 Å². The molecule has 0 spiro atoms. The van der Waals surface area contributed by atoms with Crippen molar-refractivity contribution in [2.45, 2.75) is 26.9 Å². The van der Waals surface area contributed by atoms with Gasteiger partial charge < -0.3 is 4.52 Å². The van der Waals surface area contributed by atoms with E-state index >= 15 is 0 Å². The Morgan fingerprint density at radius 2 is 1.79 bits per heavy atom. The van der Waals surface area contributed by atoms with Gasteiger partial charge in [-0.15, -0.1) is 5.10 Å². The van der Waals surface area contributed by atoms with E-state index in [0.29, 0.717) is 11.4 Å². The van der Waals surface area contributed by atoms with E-state index in [-0.39, 0.29) is 30.1 Å². The maximum absolute atomic E-state index is 13.5. The molecule has 0 aliphatic rings. The predicted octanol–water partition coefficient (Wildman–Crippen LogP) is 3.03. The highest BCUT2D eigenvalue weighted by atomic mass is 19.1. The average Bonchev–Trinajstić information content (AvgIpc) is 3.39. The average molecular weight is 449 g/mol. The highest BCUT2D eigenvalue weighted by Gasteiger charge is 2.16. The maximum Gasteiger partial charge on any atom is 0.283 e. The minimum atomic E-state index is -0.704. The number of hydrogen-bond donors (Lipinski definition) is 0. The monoisotopic (exact) mass is 449 g/mol. The van der Waals surface area contributed by atoms with Gasteiger partial charge in [0.05, 0.1) is 6.54 Å². The van der Waals surface area contributed by atoms with Crippen molar-refractivity contribution in [3.8, 4) is 11.4 Å². The van der Waals surface area contributed by atoms with Crippen molar-refractivity contribution in [1.82, 2.24) is 34.7 Å². The molecule has 0 bridgehead atoms. The van der Waals surface area contributed by atoms with Gasteiger partial charge in [0, 0.05) is 11.6 Å². The van der Waals surface area contributed by atoms with Crippen LogP contribution in [0.3, 0.4) is 0 Å². The number of hydrogen-bond acceptors (Lipinski definition) is 7. The number of halogens is 2. The summed E-state index contributed by atoms with van der Waals surface area (Å²) in [6, 6.07) is 8.99. The molecule has 3 aromatic heterocycles. The molecule has 33 heavy (non-hydrogen) atoms. The van der Waals surface area contributed by atoms with Gasteiger partial charge >= 0.3 is 0 Å². The second kappa shape index (κ2) is 8.01. The normalized spacial score (nSPS) is 11.4. The van der Waals surface area contributed by atoms with E-state index in [0.717, 1.165) is 22.8 Å². The molecule has 0 fully saturated rings. The smallest absolute Gasteiger partial charge is 0.283 e. The van der Waals surface area contributed by atoms with E-state index in [1.54, 1.807) is 0 Å². The molecular weight excluding hydrogens is 432 g/mol. The lowest BCUT2D eigenvalue weighted by Crippen LogP contribution is -2.21. The highest BCUT2D eigenvalue weighted by molar-refractivity contribution is 5.67. The number of fused-ring (bicyclic) bond motifs is 1. The van der Waals surface area contributed by atoms with Crippen LogP contribution in [0.25, 0.3) is 22.6 Å². The van der Waals surface area contributed by atoms with Gasteiger partial charge in [0.2, 0.25) is 11.7 Å². The Hall–Kier alpha value is -4.28. The summed E-state index contributed by atoms with van der Waals surface area (Å²) in [7, 11) is 0. The Labute approximate surface area is 185 Å². The first kappa shape index (κ1) is 20.6. The molecule has 0 amide bonds. The predicted molar refractivity (Wildman–Crippen MR) is 113 cm³/mol. The van der Waals surface area contributed by atoms with Gasteiger partial charge in [-0.2, -0.15) is 4.98 Å². The van der Waals surface area contributed by atoms with Crippen LogP contribution in [0.15, 0.2) is 52.0 Å². The first-order valence-corrected chi connectivity index (χ1v) is 10.0. The summed E-state index contributed by atoms with van der Waals surface area (Å²) in [4.78, 5) is 21.5. The number of benzene rings is 2.